The minimum Gasteiger partial charge on any atom is -0.385 e. The molecule has 2 N–H and O–H groups in total. The number of nitrogens with zero attached hydrogens (tertiary/aromatic N) is 2. The molecular weight excluding hydrogens is 264 g/mol. The van der Waals surface area contributed by atoms with Gasteiger partial charge in [0.15, 0.2) is 0 Å². The highest BCUT2D eigenvalue weighted by molar-refractivity contribution is 5.58. The maximum Gasteiger partial charge on any atom is 0.138 e. The monoisotopic (exact) mass is 294 g/mol. The third-order valence-electron chi connectivity index (χ3n) is 3.30. The summed E-state index contributed by atoms with van der Waals surface area (Å²) in [5.74, 6) is 2.68. The second kappa shape index (κ2) is 7.59. The number of aromatic nitrogens is 2. The normalized spacial score (nSPS) is 13.1. The lowest BCUT2D eigenvalue weighted by molar-refractivity contribution is 0.191. The zero-order chi connectivity index (χ0) is 16.0. The van der Waals surface area contributed by atoms with Crippen LogP contribution in [0.15, 0.2) is 0 Å². The van der Waals surface area contributed by atoms with E-state index in [-0.39, 0.29) is 5.41 Å². The zero-order valence-corrected chi connectivity index (χ0v) is 14.5. The Bertz CT molecular complexity index is 454. The average molecular weight is 294 g/mol. The van der Waals surface area contributed by atoms with Crippen LogP contribution in [0, 0.1) is 6.92 Å². The van der Waals surface area contributed by atoms with Crippen molar-refractivity contribution in [2.75, 3.05) is 30.9 Å². The molecule has 5 heteroatoms. The number of rotatable bonds is 7. The van der Waals surface area contributed by atoms with Gasteiger partial charge in [0, 0.05) is 37.3 Å². The topological polar surface area (TPSA) is 59.1 Å². The van der Waals surface area contributed by atoms with Gasteiger partial charge in [-0.2, -0.15) is 0 Å². The Hall–Kier alpha value is -1.36. The maximum absolute atomic E-state index is 5.14. The van der Waals surface area contributed by atoms with Crippen molar-refractivity contribution < 1.29 is 4.74 Å². The Morgan fingerprint density at radius 2 is 1.81 bits per heavy atom. The second-order valence-electron chi connectivity index (χ2n) is 6.48. The molecule has 0 amide bonds. The zero-order valence-electron chi connectivity index (χ0n) is 14.5. The van der Waals surface area contributed by atoms with E-state index in [1.54, 1.807) is 7.11 Å². The summed E-state index contributed by atoms with van der Waals surface area (Å²) in [6.45, 7) is 14.2. The van der Waals surface area contributed by atoms with Crippen molar-refractivity contribution in [3.05, 3.63) is 11.4 Å². The van der Waals surface area contributed by atoms with Crippen molar-refractivity contribution in [3.8, 4) is 0 Å². The summed E-state index contributed by atoms with van der Waals surface area (Å²) in [4.78, 5) is 9.41. The number of methoxy groups -OCH3 is 1. The molecule has 1 unspecified atom stereocenters. The summed E-state index contributed by atoms with van der Waals surface area (Å²) in [6.07, 6.45) is 0.946. The molecule has 1 atom stereocenters. The largest absolute Gasteiger partial charge is 0.385 e. The first-order valence-electron chi connectivity index (χ1n) is 7.68. The minimum absolute atomic E-state index is 0.0793. The van der Waals surface area contributed by atoms with Crippen molar-refractivity contribution in [2.24, 2.45) is 0 Å². The fraction of sp³-hybridized carbons (Fsp3) is 0.750. The van der Waals surface area contributed by atoms with Crippen LogP contribution in [0.5, 0.6) is 0 Å². The van der Waals surface area contributed by atoms with Crippen molar-refractivity contribution in [1.29, 1.82) is 0 Å². The second-order valence-corrected chi connectivity index (χ2v) is 6.48. The molecule has 0 fully saturated rings. The molecule has 1 aromatic heterocycles. The minimum atomic E-state index is -0.0793. The van der Waals surface area contributed by atoms with Gasteiger partial charge in [0.25, 0.3) is 0 Å². The lowest BCUT2D eigenvalue weighted by atomic mass is 9.95. The van der Waals surface area contributed by atoms with Crippen molar-refractivity contribution in [1.82, 2.24) is 9.97 Å². The number of hydrogen-bond acceptors (Lipinski definition) is 5. The summed E-state index contributed by atoms with van der Waals surface area (Å²) >= 11 is 0. The molecule has 0 aliphatic heterocycles. The standard InChI is InChI=1S/C16H30N4O/c1-8-17-13-12(3)14(18-11(2)9-10-21-7)20-15(19-13)16(4,5)6/h11H,8-10H2,1-7H3,(H2,17,18,19,20). The van der Waals surface area contributed by atoms with Gasteiger partial charge in [-0.05, 0) is 27.2 Å². The quantitative estimate of drug-likeness (QED) is 0.807. The van der Waals surface area contributed by atoms with Crippen LogP contribution in [-0.4, -0.2) is 36.3 Å². The van der Waals surface area contributed by atoms with E-state index in [9.17, 15) is 0 Å². The molecule has 5 nitrogen and oxygen atoms in total. The number of nitrogens with one attached hydrogen (secondary N) is 2. The van der Waals surface area contributed by atoms with Crippen LogP contribution in [-0.2, 0) is 10.2 Å². The van der Waals surface area contributed by atoms with E-state index in [1.807, 2.05) is 0 Å². The molecule has 0 aromatic carbocycles. The van der Waals surface area contributed by atoms with Gasteiger partial charge >= 0.3 is 0 Å². The molecule has 0 bridgehead atoms. The van der Waals surface area contributed by atoms with Gasteiger partial charge in [0.05, 0.1) is 0 Å². The smallest absolute Gasteiger partial charge is 0.138 e. The van der Waals surface area contributed by atoms with E-state index >= 15 is 0 Å². The molecule has 0 saturated carbocycles. The van der Waals surface area contributed by atoms with Crippen LogP contribution in [0.2, 0.25) is 0 Å². The van der Waals surface area contributed by atoms with Gasteiger partial charge < -0.3 is 15.4 Å². The predicted molar refractivity (Wildman–Crippen MR) is 89.2 cm³/mol. The third kappa shape index (κ3) is 5.16. The number of ether oxygens (including phenoxy) is 1. The Kier molecular flexibility index (Phi) is 6.40. The van der Waals surface area contributed by atoms with E-state index in [1.165, 1.54) is 0 Å². The fourth-order valence-electron chi connectivity index (χ4n) is 1.93. The lowest BCUT2D eigenvalue weighted by Crippen LogP contribution is -2.23. The summed E-state index contributed by atoms with van der Waals surface area (Å²) < 4.78 is 5.14. The van der Waals surface area contributed by atoms with E-state index < -0.39 is 0 Å². The molecule has 21 heavy (non-hydrogen) atoms. The summed E-state index contributed by atoms with van der Waals surface area (Å²) in [7, 11) is 1.73. The first-order chi connectivity index (χ1) is 9.79. The molecule has 0 aliphatic rings. The highest BCUT2D eigenvalue weighted by Crippen LogP contribution is 2.26. The van der Waals surface area contributed by atoms with Crippen molar-refractivity contribution >= 4 is 11.6 Å². The lowest BCUT2D eigenvalue weighted by Gasteiger charge is -2.23. The first kappa shape index (κ1) is 17.7. The summed E-state index contributed by atoms with van der Waals surface area (Å²) in [6, 6.07) is 0.306. The van der Waals surface area contributed by atoms with E-state index in [0.29, 0.717) is 6.04 Å². The van der Waals surface area contributed by atoms with E-state index in [4.69, 9.17) is 9.72 Å². The molecule has 0 aliphatic carbocycles. The van der Waals surface area contributed by atoms with Gasteiger partial charge in [0.2, 0.25) is 0 Å². The Labute approximate surface area is 128 Å². The first-order valence-corrected chi connectivity index (χ1v) is 7.68. The molecule has 0 spiro atoms. The van der Waals surface area contributed by atoms with Crippen LogP contribution in [0.4, 0.5) is 11.6 Å². The van der Waals surface area contributed by atoms with Crippen LogP contribution < -0.4 is 10.6 Å². The molecular formula is C16H30N4O. The van der Waals surface area contributed by atoms with Crippen LogP contribution >= 0.6 is 0 Å². The number of anilines is 2. The Balaban J connectivity index is 3.08. The van der Waals surface area contributed by atoms with Gasteiger partial charge in [-0.3, -0.25) is 0 Å². The van der Waals surface area contributed by atoms with Crippen LogP contribution in [0.1, 0.15) is 52.4 Å². The van der Waals surface area contributed by atoms with Gasteiger partial charge in [-0.15, -0.1) is 0 Å². The van der Waals surface area contributed by atoms with E-state index in [2.05, 4.69) is 57.2 Å². The predicted octanol–water partition coefficient (Wildman–Crippen LogP) is 3.35. The maximum atomic E-state index is 5.14. The molecule has 1 rings (SSSR count). The molecule has 0 saturated heterocycles. The highest BCUT2D eigenvalue weighted by atomic mass is 16.5. The van der Waals surface area contributed by atoms with Gasteiger partial charge in [-0.1, -0.05) is 20.8 Å². The Morgan fingerprint density at radius 1 is 1.19 bits per heavy atom. The van der Waals surface area contributed by atoms with E-state index in [0.717, 1.165) is 42.6 Å². The third-order valence-corrected chi connectivity index (χ3v) is 3.30. The van der Waals surface area contributed by atoms with Crippen molar-refractivity contribution in [3.63, 3.8) is 0 Å². The molecule has 120 valence electrons. The van der Waals surface area contributed by atoms with Crippen molar-refractivity contribution in [2.45, 2.75) is 59.4 Å². The van der Waals surface area contributed by atoms with Crippen LogP contribution in [0.25, 0.3) is 0 Å². The summed E-state index contributed by atoms with van der Waals surface area (Å²) in [5, 5.41) is 6.81. The van der Waals surface area contributed by atoms with Gasteiger partial charge in [0.1, 0.15) is 17.5 Å². The van der Waals surface area contributed by atoms with Crippen LogP contribution in [0.3, 0.4) is 0 Å². The average Bonchev–Trinajstić information content (AvgIpc) is 2.39. The van der Waals surface area contributed by atoms with Gasteiger partial charge in [-0.25, -0.2) is 9.97 Å². The summed E-state index contributed by atoms with van der Waals surface area (Å²) in [5.41, 5.74) is 0.985. The number of hydrogen-bond donors (Lipinski definition) is 2. The SMILES string of the molecule is CCNc1nc(C(C)(C)C)nc(NC(C)CCOC)c1C. The highest BCUT2D eigenvalue weighted by Gasteiger charge is 2.21. The Morgan fingerprint density at radius 3 is 2.33 bits per heavy atom. The molecule has 1 aromatic rings. The molecule has 0 radical (unpaired) electrons. The fourth-order valence-corrected chi connectivity index (χ4v) is 1.93. The molecule has 1 heterocycles.